The van der Waals surface area contributed by atoms with E-state index < -0.39 is 17.8 Å². The van der Waals surface area contributed by atoms with Crippen LogP contribution in [0.1, 0.15) is 59.7 Å². The predicted octanol–water partition coefficient (Wildman–Crippen LogP) is 3.03. The lowest BCUT2D eigenvalue weighted by Crippen LogP contribution is -2.52. The zero-order valence-electron chi connectivity index (χ0n) is 20.2. The highest BCUT2D eigenvalue weighted by Gasteiger charge is 2.41. The van der Waals surface area contributed by atoms with E-state index in [0.29, 0.717) is 17.9 Å². The molecule has 3 amide bonds. The summed E-state index contributed by atoms with van der Waals surface area (Å²) in [7, 11) is 0. The molecule has 2 fully saturated rings. The average molecular weight is 479 g/mol. The lowest BCUT2D eigenvalue weighted by molar-refractivity contribution is -0.136. The van der Waals surface area contributed by atoms with Crippen molar-refractivity contribution in [2.24, 2.45) is 0 Å². The first kappa shape index (κ1) is 23.5. The Hall–Kier alpha value is -3.26. The third-order valence-electron chi connectivity index (χ3n) is 7.36. The molecular weight excluding hydrogens is 447 g/mol. The fraction of sp³-hybridized carbons (Fsp3) is 0.444. The minimum Gasteiger partial charge on any atom is -0.369 e. The second-order valence-electron chi connectivity index (χ2n) is 10.0. The lowest BCUT2D eigenvalue weighted by atomic mass is 10.0. The number of nitrogens with zero attached hydrogens (tertiary/aromatic N) is 3. The van der Waals surface area contributed by atoms with Crippen LogP contribution in [0.3, 0.4) is 0 Å². The van der Waals surface area contributed by atoms with Crippen LogP contribution >= 0.6 is 0 Å². The summed E-state index contributed by atoms with van der Waals surface area (Å²) in [4.78, 5) is 43.0. The van der Waals surface area contributed by atoms with Crippen molar-refractivity contribution in [3.05, 3.63) is 64.5 Å². The molecule has 7 nitrogen and oxygen atoms in total. The number of benzene rings is 2. The first-order valence-corrected chi connectivity index (χ1v) is 12.3. The van der Waals surface area contributed by atoms with Gasteiger partial charge in [-0.15, -0.1) is 0 Å². The number of rotatable bonds is 5. The summed E-state index contributed by atoms with van der Waals surface area (Å²) in [6.45, 7) is 8.63. The van der Waals surface area contributed by atoms with Crippen LogP contribution in [-0.4, -0.2) is 59.7 Å². The molecule has 5 rings (SSSR count). The van der Waals surface area contributed by atoms with Crippen molar-refractivity contribution in [1.29, 1.82) is 0 Å². The van der Waals surface area contributed by atoms with E-state index in [2.05, 4.69) is 53.2 Å². The van der Waals surface area contributed by atoms with Gasteiger partial charge in [0.15, 0.2) is 0 Å². The molecule has 2 aromatic rings. The highest BCUT2D eigenvalue weighted by Crippen LogP contribution is 2.35. The van der Waals surface area contributed by atoms with Crippen molar-refractivity contribution in [3.8, 4) is 0 Å². The maximum absolute atomic E-state index is 14.6. The number of carbonyl (C=O) groups excluding carboxylic acids is 3. The highest BCUT2D eigenvalue weighted by molar-refractivity contribution is 6.06. The SMILES string of the molecule is CC(C)c1ccc(CN2CCN(c3cc(F)cc4c3CN(C3CCC(=O)NC3=O)C4=O)CC2)cc1. The fourth-order valence-corrected chi connectivity index (χ4v) is 5.30. The number of hydrogen-bond donors (Lipinski definition) is 1. The number of fused-ring (bicyclic) bond motifs is 1. The Bertz CT molecular complexity index is 1160. The van der Waals surface area contributed by atoms with Crippen molar-refractivity contribution in [2.45, 2.75) is 51.7 Å². The molecule has 1 atom stereocenters. The van der Waals surface area contributed by atoms with Gasteiger partial charge in [0.2, 0.25) is 11.8 Å². The zero-order valence-corrected chi connectivity index (χ0v) is 20.2. The molecule has 0 aromatic heterocycles. The Morgan fingerprint density at radius 2 is 1.74 bits per heavy atom. The summed E-state index contributed by atoms with van der Waals surface area (Å²) in [6, 6.07) is 10.8. The van der Waals surface area contributed by atoms with Crippen LogP contribution in [0, 0.1) is 5.82 Å². The van der Waals surface area contributed by atoms with Crippen molar-refractivity contribution < 1.29 is 18.8 Å². The van der Waals surface area contributed by atoms with Crippen LogP contribution in [-0.2, 0) is 22.7 Å². The van der Waals surface area contributed by atoms with Gasteiger partial charge in [0.05, 0.1) is 0 Å². The molecule has 8 heteroatoms. The molecule has 2 aromatic carbocycles. The number of nitrogens with one attached hydrogen (secondary N) is 1. The van der Waals surface area contributed by atoms with E-state index in [-0.39, 0.29) is 24.8 Å². The van der Waals surface area contributed by atoms with E-state index >= 15 is 0 Å². The minimum atomic E-state index is -0.706. The number of imide groups is 1. The predicted molar refractivity (Wildman–Crippen MR) is 130 cm³/mol. The molecule has 184 valence electrons. The van der Waals surface area contributed by atoms with Crippen molar-refractivity contribution in [3.63, 3.8) is 0 Å². The van der Waals surface area contributed by atoms with E-state index in [4.69, 9.17) is 0 Å². The number of piperazine rings is 1. The summed E-state index contributed by atoms with van der Waals surface area (Å²) in [5.74, 6) is -1.07. The summed E-state index contributed by atoms with van der Waals surface area (Å²) in [5.41, 5.74) is 4.42. The molecule has 0 radical (unpaired) electrons. The number of hydrogen-bond acceptors (Lipinski definition) is 5. The van der Waals surface area contributed by atoms with Gasteiger partial charge < -0.3 is 9.80 Å². The van der Waals surface area contributed by atoms with Crippen molar-refractivity contribution in [1.82, 2.24) is 15.1 Å². The smallest absolute Gasteiger partial charge is 0.255 e. The molecule has 1 unspecified atom stereocenters. The Labute approximate surface area is 204 Å². The van der Waals surface area contributed by atoms with E-state index in [0.717, 1.165) is 44.0 Å². The van der Waals surface area contributed by atoms with E-state index in [9.17, 15) is 18.8 Å². The molecular formula is C27H31FN4O3. The summed E-state index contributed by atoms with van der Waals surface area (Å²) in [6.07, 6.45) is 0.485. The van der Waals surface area contributed by atoms with E-state index in [1.54, 1.807) is 0 Å². The second kappa shape index (κ2) is 9.41. The summed E-state index contributed by atoms with van der Waals surface area (Å²) >= 11 is 0. The monoisotopic (exact) mass is 478 g/mol. The van der Waals surface area contributed by atoms with Gasteiger partial charge in [-0.1, -0.05) is 38.1 Å². The standard InChI is InChI=1S/C27H31FN4O3/c1-17(2)19-5-3-18(4-6-19)15-30-9-11-31(12-10-30)24-14-20(28)13-21-22(24)16-32(27(21)35)23-7-8-25(33)29-26(23)34/h3-6,13-14,17,23H,7-12,15-16H2,1-2H3,(H,29,33,34). The van der Waals surface area contributed by atoms with Crippen molar-refractivity contribution in [2.75, 3.05) is 31.1 Å². The molecule has 0 aliphatic carbocycles. The van der Waals surface area contributed by atoms with Crippen molar-refractivity contribution >= 4 is 23.4 Å². The number of halogens is 1. The number of amides is 3. The first-order valence-electron chi connectivity index (χ1n) is 12.3. The first-order chi connectivity index (χ1) is 16.8. The maximum Gasteiger partial charge on any atom is 0.255 e. The lowest BCUT2D eigenvalue weighted by Gasteiger charge is -2.37. The van der Waals surface area contributed by atoms with Gasteiger partial charge in [-0.3, -0.25) is 24.6 Å². The zero-order chi connectivity index (χ0) is 24.7. The third-order valence-corrected chi connectivity index (χ3v) is 7.36. The van der Waals surface area contributed by atoms with E-state index in [1.807, 2.05) is 0 Å². The minimum absolute atomic E-state index is 0.194. The van der Waals surface area contributed by atoms with Gasteiger partial charge in [-0.25, -0.2) is 4.39 Å². The number of anilines is 1. The van der Waals surface area contributed by atoms with Crippen LogP contribution < -0.4 is 10.2 Å². The van der Waals surface area contributed by atoms with Gasteiger partial charge >= 0.3 is 0 Å². The summed E-state index contributed by atoms with van der Waals surface area (Å²) in [5, 5.41) is 2.31. The Balaban J connectivity index is 1.28. The summed E-state index contributed by atoms with van der Waals surface area (Å²) < 4.78 is 14.6. The van der Waals surface area contributed by atoms with Crippen LogP contribution in [0.15, 0.2) is 36.4 Å². The van der Waals surface area contributed by atoms with Crippen LogP contribution in [0.25, 0.3) is 0 Å². The molecule has 0 spiro atoms. The Kier molecular flexibility index (Phi) is 6.32. The largest absolute Gasteiger partial charge is 0.369 e. The Morgan fingerprint density at radius 1 is 1.03 bits per heavy atom. The van der Waals surface area contributed by atoms with Crippen LogP contribution in [0.5, 0.6) is 0 Å². The molecule has 3 aliphatic rings. The second-order valence-corrected chi connectivity index (χ2v) is 10.0. The van der Waals surface area contributed by atoms with Gasteiger partial charge in [0.25, 0.3) is 5.91 Å². The fourth-order valence-electron chi connectivity index (χ4n) is 5.30. The maximum atomic E-state index is 14.6. The topological polar surface area (TPSA) is 73.0 Å². The van der Waals surface area contributed by atoms with Gasteiger partial charge in [0, 0.05) is 62.5 Å². The highest BCUT2D eigenvalue weighted by atomic mass is 19.1. The van der Waals surface area contributed by atoms with Crippen LogP contribution in [0.4, 0.5) is 10.1 Å². The average Bonchev–Trinajstić information content (AvgIpc) is 3.15. The molecule has 3 heterocycles. The number of piperidine rings is 1. The van der Waals surface area contributed by atoms with Gasteiger partial charge in [0.1, 0.15) is 11.9 Å². The van der Waals surface area contributed by atoms with Gasteiger partial charge in [-0.05, 0) is 35.6 Å². The normalized spacial score (nSPS) is 21.0. The Morgan fingerprint density at radius 3 is 2.40 bits per heavy atom. The van der Waals surface area contributed by atoms with E-state index in [1.165, 1.54) is 28.2 Å². The third kappa shape index (κ3) is 4.67. The molecule has 2 saturated heterocycles. The molecule has 35 heavy (non-hydrogen) atoms. The molecule has 0 bridgehead atoms. The molecule has 1 N–H and O–H groups in total. The van der Waals surface area contributed by atoms with Gasteiger partial charge in [-0.2, -0.15) is 0 Å². The molecule has 3 aliphatic heterocycles. The molecule has 0 saturated carbocycles. The van der Waals surface area contributed by atoms with Crippen LogP contribution in [0.2, 0.25) is 0 Å². The quantitative estimate of drug-likeness (QED) is 0.669. The number of carbonyl (C=O) groups is 3.